The number of ether oxygens (including phenoxy) is 1. The number of pyridine rings is 1. The van der Waals surface area contributed by atoms with Crippen molar-refractivity contribution >= 4 is 11.7 Å². The average molecular weight is 373 g/mol. The predicted octanol–water partition coefficient (Wildman–Crippen LogP) is 2.40. The van der Waals surface area contributed by atoms with E-state index in [4.69, 9.17) is 4.74 Å². The molecule has 6 heteroatoms. The molecule has 3 aliphatic heterocycles. The fraction of sp³-hybridized carbons (Fsp3) is 0.714. The van der Waals surface area contributed by atoms with Gasteiger partial charge in [-0.05, 0) is 51.7 Å². The van der Waals surface area contributed by atoms with Gasteiger partial charge >= 0.3 is 0 Å². The molecular formula is C21H32N4O2. The van der Waals surface area contributed by atoms with Crippen molar-refractivity contribution in [1.29, 1.82) is 0 Å². The van der Waals surface area contributed by atoms with Crippen molar-refractivity contribution in [3.63, 3.8) is 0 Å². The van der Waals surface area contributed by atoms with Gasteiger partial charge < -0.3 is 14.5 Å². The van der Waals surface area contributed by atoms with Gasteiger partial charge in [0.15, 0.2) is 0 Å². The fourth-order valence-electron chi connectivity index (χ4n) is 4.99. The summed E-state index contributed by atoms with van der Waals surface area (Å²) in [6.45, 7) is 9.57. The minimum Gasteiger partial charge on any atom is -0.378 e. The lowest BCUT2D eigenvalue weighted by molar-refractivity contribution is 0.0486. The Morgan fingerprint density at radius 1 is 1.07 bits per heavy atom. The molecule has 1 aromatic heterocycles. The predicted molar refractivity (Wildman–Crippen MR) is 106 cm³/mol. The Morgan fingerprint density at radius 3 is 2.48 bits per heavy atom. The number of aromatic nitrogens is 1. The maximum atomic E-state index is 13.0. The molecule has 3 fully saturated rings. The Balaban J connectivity index is 1.41. The van der Waals surface area contributed by atoms with Gasteiger partial charge in [-0.15, -0.1) is 0 Å². The summed E-state index contributed by atoms with van der Waals surface area (Å²) in [6.07, 6.45) is 6.59. The monoisotopic (exact) mass is 372 g/mol. The number of morpholine rings is 1. The highest BCUT2D eigenvalue weighted by atomic mass is 16.5. The van der Waals surface area contributed by atoms with Crippen LogP contribution in [0.4, 0.5) is 5.82 Å². The molecule has 0 saturated carbocycles. The van der Waals surface area contributed by atoms with Crippen molar-refractivity contribution < 1.29 is 9.53 Å². The number of hydrogen-bond donors (Lipinski definition) is 0. The van der Waals surface area contributed by atoms with Crippen molar-refractivity contribution in [1.82, 2.24) is 14.8 Å². The average Bonchev–Trinajstić information content (AvgIpc) is 3.06. The van der Waals surface area contributed by atoms with Gasteiger partial charge in [0.05, 0.1) is 18.8 Å². The maximum absolute atomic E-state index is 13.0. The third-order valence-electron chi connectivity index (χ3n) is 6.46. The summed E-state index contributed by atoms with van der Waals surface area (Å²) < 4.78 is 5.40. The molecule has 0 spiro atoms. The SMILES string of the molecule is C[C@@H]1CC[C@H](C)N1[C@H]1CCCN(C(=O)c2ccc(N3CCOCC3)nc2)C1. The van der Waals surface area contributed by atoms with Crippen LogP contribution in [0.25, 0.3) is 0 Å². The molecule has 3 atom stereocenters. The second-order valence-corrected chi connectivity index (χ2v) is 8.27. The third kappa shape index (κ3) is 3.97. The van der Waals surface area contributed by atoms with E-state index in [1.165, 1.54) is 19.3 Å². The minimum atomic E-state index is 0.125. The van der Waals surface area contributed by atoms with E-state index in [0.717, 1.165) is 51.6 Å². The zero-order valence-electron chi connectivity index (χ0n) is 16.6. The zero-order valence-corrected chi connectivity index (χ0v) is 16.6. The Kier molecular flexibility index (Phi) is 5.64. The largest absolute Gasteiger partial charge is 0.378 e. The number of amides is 1. The number of nitrogens with zero attached hydrogens (tertiary/aromatic N) is 4. The van der Waals surface area contributed by atoms with Crippen LogP contribution in [0, 0.1) is 0 Å². The van der Waals surface area contributed by atoms with Crippen LogP contribution >= 0.6 is 0 Å². The van der Waals surface area contributed by atoms with Crippen molar-refractivity contribution in [3.8, 4) is 0 Å². The van der Waals surface area contributed by atoms with E-state index < -0.39 is 0 Å². The van der Waals surface area contributed by atoms with Crippen LogP contribution in [-0.4, -0.2) is 78.2 Å². The van der Waals surface area contributed by atoms with Crippen LogP contribution < -0.4 is 4.90 Å². The first-order valence-electron chi connectivity index (χ1n) is 10.5. The second-order valence-electron chi connectivity index (χ2n) is 8.27. The van der Waals surface area contributed by atoms with Crippen LogP contribution in [0.15, 0.2) is 18.3 Å². The number of likely N-dealkylation sites (tertiary alicyclic amines) is 2. The van der Waals surface area contributed by atoms with Crippen molar-refractivity contribution in [2.45, 2.75) is 57.7 Å². The number of carbonyl (C=O) groups excluding carboxylic acids is 1. The van der Waals surface area contributed by atoms with Gasteiger partial charge in [-0.3, -0.25) is 9.69 Å². The molecule has 148 valence electrons. The highest BCUT2D eigenvalue weighted by Crippen LogP contribution is 2.30. The normalized spacial score (nSPS) is 29.9. The summed E-state index contributed by atoms with van der Waals surface area (Å²) >= 11 is 0. The molecule has 0 bridgehead atoms. The minimum absolute atomic E-state index is 0.125. The summed E-state index contributed by atoms with van der Waals surface area (Å²) in [5, 5.41) is 0. The van der Waals surface area contributed by atoms with E-state index in [9.17, 15) is 4.79 Å². The van der Waals surface area contributed by atoms with Crippen LogP contribution in [0.3, 0.4) is 0 Å². The Bertz CT molecular complexity index is 634. The topological polar surface area (TPSA) is 48.9 Å². The molecule has 3 aliphatic rings. The number of carbonyl (C=O) groups is 1. The summed E-state index contributed by atoms with van der Waals surface area (Å²) in [4.78, 5) is 24.5. The van der Waals surface area contributed by atoms with Gasteiger partial charge in [-0.1, -0.05) is 0 Å². The van der Waals surface area contributed by atoms with Crippen molar-refractivity contribution in [3.05, 3.63) is 23.9 Å². The molecule has 4 rings (SSSR count). The molecule has 0 aromatic carbocycles. The first-order chi connectivity index (χ1) is 13.1. The molecule has 0 N–H and O–H groups in total. The third-order valence-corrected chi connectivity index (χ3v) is 6.46. The van der Waals surface area contributed by atoms with Gasteiger partial charge in [0.2, 0.25) is 0 Å². The van der Waals surface area contributed by atoms with Crippen molar-refractivity contribution in [2.24, 2.45) is 0 Å². The summed E-state index contributed by atoms with van der Waals surface area (Å²) in [7, 11) is 0. The van der Waals surface area contributed by atoms with Gasteiger partial charge in [0, 0.05) is 50.5 Å². The van der Waals surface area contributed by atoms with E-state index >= 15 is 0 Å². The lowest BCUT2D eigenvalue weighted by Gasteiger charge is -2.41. The van der Waals surface area contributed by atoms with Gasteiger partial charge in [-0.2, -0.15) is 0 Å². The molecule has 4 heterocycles. The van der Waals surface area contributed by atoms with Crippen LogP contribution in [-0.2, 0) is 4.74 Å². The highest BCUT2D eigenvalue weighted by Gasteiger charge is 2.36. The standard InChI is InChI=1S/C21H32N4O2/c1-16-5-6-17(2)25(16)19-4-3-9-24(15-19)21(26)18-7-8-20(22-14-18)23-10-12-27-13-11-23/h7-8,14,16-17,19H,3-6,9-13,15H2,1-2H3/t16-,17+,19-/m0/s1. The van der Waals surface area contributed by atoms with E-state index in [-0.39, 0.29) is 5.91 Å². The second kappa shape index (κ2) is 8.15. The zero-order chi connectivity index (χ0) is 18.8. The Morgan fingerprint density at radius 2 is 1.81 bits per heavy atom. The van der Waals surface area contributed by atoms with E-state index in [0.29, 0.717) is 23.7 Å². The molecule has 1 aromatic rings. The molecule has 27 heavy (non-hydrogen) atoms. The van der Waals surface area contributed by atoms with Gasteiger partial charge in [-0.25, -0.2) is 4.98 Å². The van der Waals surface area contributed by atoms with E-state index in [1.54, 1.807) is 6.20 Å². The molecule has 1 amide bonds. The lowest BCUT2D eigenvalue weighted by Crippen LogP contribution is -2.52. The van der Waals surface area contributed by atoms with Crippen molar-refractivity contribution in [2.75, 3.05) is 44.3 Å². The first kappa shape index (κ1) is 18.7. The molecular weight excluding hydrogens is 340 g/mol. The molecule has 0 radical (unpaired) electrons. The molecule has 0 aliphatic carbocycles. The smallest absolute Gasteiger partial charge is 0.255 e. The van der Waals surface area contributed by atoms with Gasteiger partial charge in [0.1, 0.15) is 5.82 Å². The molecule has 0 unspecified atom stereocenters. The highest BCUT2D eigenvalue weighted by molar-refractivity contribution is 5.94. The van der Waals surface area contributed by atoms with E-state index in [1.807, 2.05) is 17.0 Å². The van der Waals surface area contributed by atoms with Gasteiger partial charge in [0.25, 0.3) is 5.91 Å². The summed E-state index contributed by atoms with van der Waals surface area (Å²) in [5.41, 5.74) is 0.704. The molecule has 6 nitrogen and oxygen atoms in total. The fourth-order valence-corrected chi connectivity index (χ4v) is 4.99. The molecule has 3 saturated heterocycles. The number of piperidine rings is 1. The number of hydrogen-bond acceptors (Lipinski definition) is 5. The number of rotatable bonds is 3. The summed E-state index contributed by atoms with van der Waals surface area (Å²) in [6, 6.07) is 5.68. The van der Waals surface area contributed by atoms with Crippen LogP contribution in [0.1, 0.15) is 49.9 Å². The van der Waals surface area contributed by atoms with Crippen LogP contribution in [0.2, 0.25) is 0 Å². The Hall–Kier alpha value is -1.66. The van der Waals surface area contributed by atoms with Crippen LogP contribution in [0.5, 0.6) is 0 Å². The first-order valence-corrected chi connectivity index (χ1v) is 10.5. The Labute approximate surface area is 162 Å². The quantitative estimate of drug-likeness (QED) is 0.815. The number of anilines is 1. The summed E-state index contributed by atoms with van der Waals surface area (Å²) in [5.74, 6) is 1.06. The van der Waals surface area contributed by atoms with E-state index in [2.05, 4.69) is 28.6 Å². The lowest BCUT2D eigenvalue weighted by atomic mass is 10.0. The maximum Gasteiger partial charge on any atom is 0.255 e.